The Kier molecular flexibility index (Phi) is 10.6. The maximum absolute atomic E-state index is 14.3. The minimum atomic E-state index is -0.957. The molecule has 54 heavy (non-hydrogen) atoms. The molecule has 8 nitrogen and oxygen atoms in total. The molecule has 4 aromatic carbocycles. The van der Waals surface area contributed by atoms with E-state index < -0.39 is 17.6 Å². The SMILES string of the molecule is C=CC1=C2/C=C(\C)Oc3c(OC(=O)c4cc(F)cc(F)c4)c(OC)cc4c3[C@H](Cc3ccc(OC)c(c3)Oc3ccc(cc3)C[C@@H]2N(C)CC1)N(C)CC4. The Hall–Kier alpha value is -5.45. The van der Waals surface area contributed by atoms with Gasteiger partial charge in [0.2, 0.25) is 5.75 Å². The molecule has 0 N–H and O–H groups in total. The molecule has 280 valence electrons. The monoisotopic (exact) mass is 734 g/mol. The largest absolute Gasteiger partial charge is 0.493 e. The summed E-state index contributed by atoms with van der Waals surface area (Å²) in [6.07, 6.45) is 6.69. The van der Waals surface area contributed by atoms with Crippen LogP contribution in [0.1, 0.15) is 52.0 Å². The average Bonchev–Trinajstić information content (AvgIpc) is 3.15. The molecular weight excluding hydrogens is 690 g/mol. The molecule has 0 saturated heterocycles. The van der Waals surface area contributed by atoms with E-state index in [1.807, 2.05) is 62.5 Å². The summed E-state index contributed by atoms with van der Waals surface area (Å²) in [5.74, 6) is 0.249. The quantitative estimate of drug-likeness (QED) is 0.149. The van der Waals surface area contributed by atoms with Gasteiger partial charge in [0.1, 0.15) is 23.1 Å². The van der Waals surface area contributed by atoms with Crippen molar-refractivity contribution in [3.05, 3.63) is 142 Å². The number of esters is 1. The fourth-order valence-corrected chi connectivity index (χ4v) is 7.68. The van der Waals surface area contributed by atoms with Crippen molar-refractivity contribution in [2.75, 3.05) is 41.4 Å². The molecule has 8 rings (SSSR count). The first-order valence-corrected chi connectivity index (χ1v) is 18.0. The van der Waals surface area contributed by atoms with Crippen LogP contribution >= 0.6 is 0 Å². The number of methoxy groups -OCH3 is 2. The highest BCUT2D eigenvalue weighted by Gasteiger charge is 2.35. The lowest BCUT2D eigenvalue weighted by atomic mass is 9.87. The van der Waals surface area contributed by atoms with Gasteiger partial charge in [0.05, 0.1) is 19.8 Å². The van der Waals surface area contributed by atoms with Gasteiger partial charge in [-0.05, 0) is 123 Å². The minimum absolute atomic E-state index is 0.00556. The molecule has 2 atom stereocenters. The molecular formula is C44H44F2N2O6. The first-order valence-electron chi connectivity index (χ1n) is 18.0. The van der Waals surface area contributed by atoms with Crippen molar-refractivity contribution >= 4 is 5.97 Å². The zero-order valence-corrected chi connectivity index (χ0v) is 31.2. The Balaban J connectivity index is 1.44. The maximum Gasteiger partial charge on any atom is 0.344 e. The lowest BCUT2D eigenvalue weighted by Gasteiger charge is -2.37. The van der Waals surface area contributed by atoms with Gasteiger partial charge in [0, 0.05) is 36.8 Å². The number of carbonyl (C=O) groups is 1. The van der Waals surface area contributed by atoms with Crippen LogP contribution in [-0.4, -0.2) is 63.2 Å². The van der Waals surface area contributed by atoms with Gasteiger partial charge in [0.25, 0.3) is 0 Å². The van der Waals surface area contributed by atoms with E-state index in [0.717, 1.165) is 71.5 Å². The fourth-order valence-electron chi connectivity index (χ4n) is 7.68. The van der Waals surface area contributed by atoms with Crippen molar-refractivity contribution in [2.45, 2.75) is 44.7 Å². The van der Waals surface area contributed by atoms with Crippen LogP contribution in [0.3, 0.4) is 0 Å². The average molecular weight is 735 g/mol. The van der Waals surface area contributed by atoms with Gasteiger partial charge in [-0.25, -0.2) is 13.6 Å². The van der Waals surface area contributed by atoms with E-state index in [2.05, 4.69) is 35.6 Å². The topological polar surface area (TPSA) is 69.7 Å². The molecule has 0 amide bonds. The molecule has 0 spiro atoms. The van der Waals surface area contributed by atoms with Gasteiger partial charge in [0.15, 0.2) is 23.0 Å². The summed E-state index contributed by atoms with van der Waals surface area (Å²) in [5, 5.41) is 0. The Labute approximate surface area is 314 Å². The lowest BCUT2D eigenvalue weighted by molar-refractivity contribution is 0.0722. The molecule has 0 aliphatic carbocycles. The number of rotatable bonds is 5. The summed E-state index contributed by atoms with van der Waals surface area (Å²) in [5.41, 5.74) is 5.79. The second kappa shape index (κ2) is 15.5. The van der Waals surface area contributed by atoms with Crippen molar-refractivity contribution in [2.24, 2.45) is 0 Å². The smallest absolute Gasteiger partial charge is 0.344 e. The van der Waals surface area contributed by atoms with Gasteiger partial charge in [-0.15, -0.1) is 0 Å². The van der Waals surface area contributed by atoms with Crippen LogP contribution in [0, 0.1) is 11.6 Å². The number of nitrogens with zero attached hydrogens (tertiary/aromatic N) is 2. The Morgan fingerprint density at radius 3 is 2.20 bits per heavy atom. The van der Waals surface area contributed by atoms with Gasteiger partial charge in [-0.1, -0.05) is 30.9 Å². The second-order valence-corrected chi connectivity index (χ2v) is 14.0. The van der Waals surface area contributed by atoms with E-state index in [4.69, 9.17) is 23.7 Å². The van der Waals surface area contributed by atoms with Crippen molar-refractivity contribution in [1.29, 1.82) is 0 Å². The lowest BCUT2D eigenvalue weighted by Crippen LogP contribution is -2.39. The number of likely N-dealkylation sites (N-methyl/N-ethyl adjacent to an activating group) is 2. The summed E-state index contributed by atoms with van der Waals surface area (Å²) < 4.78 is 59.4. The summed E-state index contributed by atoms with van der Waals surface area (Å²) in [6, 6.07) is 18.2. The zero-order chi connectivity index (χ0) is 38.1. The first-order chi connectivity index (χ1) is 26.0. The molecule has 10 heteroatoms. The van der Waals surface area contributed by atoms with Crippen molar-refractivity contribution in [3.63, 3.8) is 0 Å². The highest BCUT2D eigenvalue weighted by molar-refractivity contribution is 5.92. The summed E-state index contributed by atoms with van der Waals surface area (Å²) in [7, 11) is 7.26. The highest BCUT2D eigenvalue weighted by atomic mass is 19.1. The highest BCUT2D eigenvalue weighted by Crippen LogP contribution is 2.50. The number of fused-ring (bicyclic) bond motifs is 3. The molecule has 0 unspecified atom stereocenters. The van der Waals surface area contributed by atoms with Crippen LogP contribution in [0.4, 0.5) is 8.78 Å². The van der Waals surface area contributed by atoms with Crippen molar-refractivity contribution in [3.8, 4) is 34.5 Å². The van der Waals surface area contributed by atoms with Crippen LogP contribution < -0.4 is 23.7 Å². The molecule has 4 aromatic rings. The van der Waals surface area contributed by atoms with E-state index in [9.17, 15) is 13.6 Å². The molecule has 4 aliphatic rings. The van der Waals surface area contributed by atoms with Crippen LogP contribution in [0.5, 0.6) is 34.5 Å². The molecule has 0 saturated carbocycles. The normalized spacial score (nSPS) is 19.9. The zero-order valence-electron chi connectivity index (χ0n) is 31.2. The van der Waals surface area contributed by atoms with Crippen LogP contribution in [0.15, 0.2) is 102 Å². The van der Waals surface area contributed by atoms with Gasteiger partial charge in [-0.3, -0.25) is 9.80 Å². The summed E-state index contributed by atoms with van der Waals surface area (Å²) in [6.45, 7) is 7.63. The van der Waals surface area contributed by atoms with Crippen molar-refractivity contribution < 1.29 is 37.3 Å². The summed E-state index contributed by atoms with van der Waals surface area (Å²) in [4.78, 5) is 18.2. The first kappa shape index (κ1) is 36.9. The third-order valence-corrected chi connectivity index (χ3v) is 10.5. The van der Waals surface area contributed by atoms with Gasteiger partial charge >= 0.3 is 5.97 Å². The van der Waals surface area contributed by atoms with E-state index in [1.165, 1.54) is 7.11 Å². The molecule has 4 bridgehead atoms. The van der Waals surface area contributed by atoms with E-state index in [0.29, 0.717) is 47.7 Å². The summed E-state index contributed by atoms with van der Waals surface area (Å²) >= 11 is 0. The number of ether oxygens (including phenoxy) is 5. The molecule has 0 radical (unpaired) electrons. The fraction of sp³-hybridized carbons (Fsp3) is 0.295. The maximum atomic E-state index is 14.3. The van der Waals surface area contributed by atoms with E-state index in [-0.39, 0.29) is 29.1 Å². The van der Waals surface area contributed by atoms with Gasteiger partial charge in [-0.2, -0.15) is 0 Å². The molecule has 4 heterocycles. The third kappa shape index (κ3) is 7.49. The van der Waals surface area contributed by atoms with Crippen LogP contribution in [-0.2, 0) is 19.3 Å². The molecule has 0 aromatic heterocycles. The Morgan fingerprint density at radius 2 is 1.50 bits per heavy atom. The van der Waals surface area contributed by atoms with Gasteiger partial charge < -0.3 is 23.7 Å². The van der Waals surface area contributed by atoms with Crippen molar-refractivity contribution in [1.82, 2.24) is 9.80 Å². The minimum Gasteiger partial charge on any atom is -0.493 e. The predicted octanol–water partition coefficient (Wildman–Crippen LogP) is 8.79. The number of carbonyl (C=O) groups excluding carboxylic acids is 1. The van der Waals surface area contributed by atoms with Crippen LogP contribution in [0.25, 0.3) is 0 Å². The number of benzene rings is 4. The Morgan fingerprint density at radius 1 is 0.833 bits per heavy atom. The Bertz CT molecular complexity index is 2140. The standard InChI is InChI=1S/C44H44F2N2O6/c1-7-29-14-16-47(3)36-19-27-8-11-34(12-9-27)53-39-21-28(10-13-38(39)50-5)20-37-41-30(15-17-48(37)4)24-40(51-6)42(43(41)52-26(2)18-35(29)36)54-44(49)31-22-32(45)25-33(46)23-31/h7-13,18,21-25,36-37H,1,14-17,19-20H2,2-6H3/b26-18+/t36-,37-/m0/s1. The van der Waals surface area contributed by atoms with Crippen LogP contribution in [0.2, 0.25) is 0 Å². The second-order valence-electron chi connectivity index (χ2n) is 14.0. The third-order valence-electron chi connectivity index (χ3n) is 10.5. The predicted molar refractivity (Wildman–Crippen MR) is 203 cm³/mol. The number of allylic oxidation sites excluding steroid dienone is 2. The molecule has 4 aliphatic heterocycles. The number of halogens is 2. The molecule has 0 fully saturated rings. The van der Waals surface area contributed by atoms with E-state index >= 15 is 0 Å². The number of hydrogen-bond donors (Lipinski definition) is 0. The number of hydrogen-bond acceptors (Lipinski definition) is 8. The van der Waals surface area contributed by atoms with E-state index in [1.54, 1.807) is 7.11 Å².